The number of barbiturate groups is 1. The molecule has 0 bridgehead atoms. The first kappa shape index (κ1) is 16.0. The highest BCUT2D eigenvalue weighted by Crippen LogP contribution is 2.25. The van der Waals surface area contributed by atoms with Gasteiger partial charge in [0.15, 0.2) is 0 Å². The summed E-state index contributed by atoms with van der Waals surface area (Å²) in [7, 11) is -3.48. The van der Waals surface area contributed by atoms with Crippen molar-refractivity contribution in [1.29, 1.82) is 0 Å². The number of rotatable bonds is 4. The molecular formula is C13H15N3O5S. The molecule has 0 saturated carbocycles. The molecule has 1 aromatic carbocycles. The van der Waals surface area contributed by atoms with Crippen molar-refractivity contribution >= 4 is 39.2 Å². The van der Waals surface area contributed by atoms with Crippen LogP contribution >= 0.6 is 0 Å². The lowest BCUT2D eigenvalue weighted by molar-refractivity contribution is -0.134. The van der Waals surface area contributed by atoms with Crippen LogP contribution in [-0.2, 0) is 19.6 Å². The number of imide groups is 2. The summed E-state index contributed by atoms with van der Waals surface area (Å²) in [5.74, 6) is -1.18. The van der Waals surface area contributed by atoms with Crippen LogP contribution in [0.1, 0.15) is 13.3 Å². The van der Waals surface area contributed by atoms with E-state index in [1.54, 1.807) is 6.92 Å². The fraction of sp³-hybridized carbons (Fsp3) is 0.308. The summed E-state index contributed by atoms with van der Waals surface area (Å²) >= 11 is 0. The second kappa shape index (κ2) is 5.76. The predicted molar refractivity (Wildman–Crippen MR) is 79.8 cm³/mol. The van der Waals surface area contributed by atoms with Crippen LogP contribution in [0.5, 0.6) is 0 Å². The fourth-order valence-electron chi connectivity index (χ4n) is 2.13. The van der Waals surface area contributed by atoms with E-state index < -0.39 is 34.3 Å². The fourth-order valence-corrected chi connectivity index (χ4v) is 2.68. The molecule has 0 aromatic heterocycles. The van der Waals surface area contributed by atoms with Gasteiger partial charge in [-0.3, -0.25) is 19.2 Å². The van der Waals surface area contributed by atoms with Crippen molar-refractivity contribution in [2.24, 2.45) is 0 Å². The van der Waals surface area contributed by atoms with E-state index in [2.05, 4.69) is 4.72 Å². The van der Waals surface area contributed by atoms with Gasteiger partial charge < -0.3 is 0 Å². The van der Waals surface area contributed by atoms with Crippen LogP contribution in [0, 0.1) is 0 Å². The number of urea groups is 1. The maximum atomic E-state index is 12.2. The Labute approximate surface area is 127 Å². The summed E-state index contributed by atoms with van der Waals surface area (Å²) in [6, 6.07) is 5.12. The highest BCUT2D eigenvalue weighted by atomic mass is 32.2. The number of anilines is 2. The second-order valence-corrected chi connectivity index (χ2v) is 6.50. The molecule has 0 spiro atoms. The molecule has 8 nitrogen and oxygen atoms in total. The highest BCUT2D eigenvalue weighted by molar-refractivity contribution is 7.92. The maximum Gasteiger partial charge on any atom is 0.338 e. The van der Waals surface area contributed by atoms with Crippen LogP contribution in [0.2, 0.25) is 0 Å². The van der Waals surface area contributed by atoms with Crippen LogP contribution in [0.4, 0.5) is 16.2 Å². The number of carbonyl (C=O) groups excluding carboxylic acids is 3. The largest absolute Gasteiger partial charge is 0.338 e. The Morgan fingerprint density at radius 1 is 1.18 bits per heavy atom. The van der Waals surface area contributed by atoms with Crippen molar-refractivity contribution < 1.29 is 22.8 Å². The van der Waals surface area contributed by atoms with Crippen LogP contribution in [0.15, 0.2) is 24.3 Å². The minimum Gasteiger partial charge on any atom is -0.284 e. The minimum absolute atomic E-state index is 0.155. The number of hydrogen-bond acceptors (Lipinski definition) is 5. The average Bonchev–Trinajstić information content (AvgIpc) is 2.37. The SMILES string of the molecule is CCN1C(=O)CC(=O)N(c2cccc(NS(C)(=O)=O)c2)C1=O. The normalized spacial score (nSPS) is 16.2. The third-order valence-corrected chi connectivity index (χ3v) is 3.61. The summed E-state index contributed by atoms with van der Waals surface area (Å²) in [4.78, 5) is 37.7. The van der Waals surface area contributed by atoms with Gasteiger partial charge in [-0.1, -0.05) is 6.07 Å². The third-order valence-electron chi connectivity index (χ3n) is 3.00. The molecule has 22 heavy (non-hydrogen) atoms. The van der Waals surface area contributed by atoms with Crippen molar-refractivity contribution in [2.75, 3.05) is 22.4 Å². The molecule has 0 radical (unpaired) electrons. The highest BCUT2D eigenvalue weighted by Gasteiger charge is 2.37. The van der Waals surface area contributed by atoms with E-state index in [4.69, 9.17) is 0 Å². The number of sulfonamides is 1. The number of hydrogen-bond donors (Lipinski definition) is 1. The van der Waals surface area contributed by atoms with Gasteiger partial charge in [0, 0.05) is 6.54 Å². The zero-order valence-electron chi connectivity index (χ0n) is 12.1. The molecule has 1 aromatic rings. The Kier molecular flexibility index (Phi) is 4.18. The standard InChI is InChI=1S/C13H15N3O5S/c1-3-15-11(17)8-12(18)16(13(15)19)10-6-4-5-9(7-10)14-22(2,20)21/h4-7,14H,3,8H2,1-2H3. The molecule has 118 valence electrons. The minimum atomic E-state index is -3.48. The second-order valence-electron chi connectivity index (χ2n) is 4.75. The van der Waals surface area contributed by atoms with Gasteiger partial charge in [-0.05, 0) is 25.1 Å². The van der Waals surface area contributed by atoms with Crippen LogP contribution in [-0.4, -0.2) is 44.0 Å². The average molecular weight is 325 g/mol. The molecule has 4 amide bonds. The predicted octanol–water partition coefficient (Wildman–Crippen LogP) is 0.763. The van der Waals surface area contributed by atoms with Crippen molar-refractivity contribution in [3.63, 3.8) is 0 Å². The number of amides is 4. The molecule has 1 aliphatic rings. The van der Waals surface area contributed by atoms with Crippen molar-refractivity contribution in [1.82, 2.24) is 4.90 Å². The van der Waals surface area contributed by atoms with E-state index in [0.717, 1.165) is 16.1 Å². The summed E-state index contributed by atoms with van der Waals surface area (Å²) in [5.41, 5.74) is 0.426. The van der Waals surface area contributed by atoms with Gasteiger partial charge in [0.25, 0.3) is 0 Å². The van der Waals surface area contributed by atoms with Crippen molar-refractivity contribution in [2.45, 2.75) is 13.3 Å². The summed E-state index contributed by atoms with van der Waals surface area (Å²) in [6.07, 6.45) is 0.595. The maximum absolute atomic E-state index is 12.2. The molecule has 1 aliphatic heterocycles. The van der Waals surface area contributed by atoms with Crippen molar-refractivity contribution in [3.8, 4) is 0 Å². The van der Waals surface area contributed by atoms with E-state index in [-0.39, 0.29) is 17.9 Å². The number of benzene rings is 1. The molecule has 2 rings (SSSR count). The Balaban J connectivity index is 2.38. The van der Waals surface area contributed by atoms with Gasteiger partial charge >= 0.3 is 6.03 Å². The molecule has 1 N–H and O–H groups in total. The van der Waals surface area contributed by atoms with Crippen LogP contribution < -0.4 is 9.62 Å². The molecule has 1 saturated heterocycles. The first-order valence-electron chi connectivity index (χ1n) is 6.48. The summed E-state index contributed by atoms with van der Waals surface area (Å²) < 4.78 is 24.8. The van der Waals surface area contributed by atoms with Gasteiger partial charge in [0.2, 0.25) is 21.8 Å². The molecule has 1 heterocycles. The third kappa shape index (κ3) is 3.25. The van der Waals surface area contributed by atoms with Crippen molar-refractivity contribution in [3.05, 3.63) is 24.3 Å². The van der Waals surface area contributed by atoms with Crippen LogP contribution in [0.3, 0.4) is 0 Å². The number of carbonyl (C=O) groups is 3. The van der Waals surface area contributed by atoms with Gasteiger partial charge in [0.1, 0.15) is 6.42 Å². The monoisotopic (exact) mass is 325 g/mol. The van der Waals surface area contributed by atoms with Crippen LogP contribution in [0.25, 0.3) is 0 Å². The quantitative estimate of drug-likeness (QED) is 0.823. The topological polar surface area (TPSA) is 104 Å². The Morgan fingerprint density at radius 3 is 2.45 bits per heavy atom. The van der Waals surface area contributed by atoms with E-state index >= 15 is 0 Å². The zero-order chi connectivity index (χ0) is 16.5. The Morgan fingerprint density at radius 2 is 1.86 bits per heavy atom. The van der Waals surface area contributed by atoms with Gasteiger partial charge in [0.05, 0.1) is 17.6 Å². The lowest BCUT2D eigenvalue weighted by atomic mass is 10.2. The number of nitrogens with one attached hydrogen (secondary N) is 1. The lowest BCUT2D eigenvalue weighted by Crippen LogP contribution is -2.55. The summed E-state index contributed by atoms with van der Waals surface area (Å²) in [5, 5.41) is 0. The summed E-state index contributed by atoms with van der Waals surface area (Å²) in [6.45, 7) is 1.79. The molecule has 0 aliphatic carbocycles. The van der Waals surface area contributed by atoms with Gasteiger partial charge in [-0.2, -0.15) is 0 Å². The zero-order valence-corrected chi connectivity index (χ0v) is 12.9. The Hall–Kier alpha value is -2.42. The molecule has 9 heteroatoms. The Bertz CT molecular complexity index is 744. The number of nitrogens with zero attached hydrogens (tertiary/aromatic N) is 2. The first-order chi connectivity index (χ1) is 10.2. The van der Waals surface area contributed by atoms with E-state index in [9.17, 15) is 22.8 Å². The van der Waals surface area contributed by atoms with E-state index in [1.165, 1.54) is 24.3 Å². The van der Waals surface area contributed by atoms with E-state index in [1.807, 2.05) is 0 Å². The smallest absolute Gasteiger partial charge is 0.284 e. The molecule has 1 fully saturated rings. The van der Waals surface area contributed by atoms with Gasteiger partial charge in [-0.25, -0.2) is 18.1 Å². The molecule has 0 atom stereocenters. The first-order valence-corrected chi connectivity index (χ1v) is 8.37. The van der Waals surface area contributed by atoms with E-state index in [0.29, 0.717) is 0 Å². The molecular weight excluding hydrogens is 310 g/mol. The van der Waals surface area contributed by atoms with Gasteiger partial charge in [-0.15, -0.1) is 0 Å². The molecule has 0 unspecified atom stereocenters. The lowest BCUT2D eigenvalue weighted by Gasteiger charge is -2.32.